The number of aromatic nitrogens is 2. The van der Waals surface area contributed by atoms with Gasteiger partial charge in [0.25, 0.3) is 5.91 Å². The molecule has 4 N–H and O–H groups in total. The molecule has 25 heavy (non-hydrogen) atoms. The largest absolute Gasteiger partial charge is 0.393 e. The summed E-state index contributed by atoms with van der Waals surface area (Å²) in [6.45, 7) is 1.82. The molecule has 1 aromatic carbocycles. The van der Waals surface area contributed by atoms with E-state index in [2.05, 4.69) is 20.8 Å². The smallest absolute Gasteiger partial charge is 0.269 e. The number of carbonyl (C=O) groups is 1. The van der Waals surface area contributed by atoms with Crippen molar-refractivity contribution in [3.05, 3.63) is 41.7 Å². The zero-order valence-electron chi connectivity index (χ0n) is 13.5. The third-order valence-corrected chi connectivity index (χ3v) is 3.29. The number of hydrogen-bond acceptors (Lipinski definition) is 8. The molecule has 0 unspecified atom stereocenters. The highest BCUT2D eigenvalue weighted by Crippen LogP contribution is 2.25. The highest BCUT2D eigenvalue weighted by molar-refractivity contribution is 5.95. The quantitative estimate of drug-likeness (QED) is 0.523. The standard InChI is InChI=1S/C16H16N8O/c1-11-2-4-12(5-3-11)16(25)23-22-14-13(19)15(21-10-20-14)24(8-6-17)9-7-18/h2-5,10H,8-9,19H2,1H3,(H,23,25)(H,20,21,22). The molecule has 2 rings (SSSR count). The summed E-state index contributed by atoms with van der Waals surface area (Å²) < 4.78 is 0. The summed E-state index contributed by atoms with van der Waals surface area (Å²) in [6.07, 6.45) is 1.23. The van der Waals surface area contributed by atoms with Gasteiger partial charge >= 0.3 is 0 Å². The second kappa shape index (κ2) is 8.13. The van der Waals surface area contributed by atoms with E-state index in [0.717, 1.165) is 5.56 Å². The van der Waals surface area contributed by atoms with Crippen molar-refractivity contribution >= 4 is 23.2 Å². The fourth-order valence-electron chi connectivity index (χ4n) is 2.01. The van der Waals surface area contributed by atoms with Crippen molar-refractivity contribution in [2.75, 3.05) is 29.1 Å². The van der Waals surface area contributed by atoms with E-state index < -0.39 is 0 Å². The Bertz CT molecular complexity index is 819. The molecule has 0 spiro atoms. The van der Waals surface area contributed by atoms with Gasteiger partial charge in [-0.15, -0.1) is 0 Å². The minimum atomic E-state index is -0.356. The van der Waals surface area contributed by atoms with Crippen LogP contribution in [0, 0.1) is 29.6 Å². The molecule has 0 atom stereocenters. The monoisotopic (exact) mass is 336 g/mol. The molecule has 9 heteroatoms. The number of carbonyl (C=O) groups excluding carboxylic acids is 1. The Kier molecular flexibility index (Phi) is 5.69. The number of rotatable bonds is 6. The van der Waals surface area contributed by atoms with Gasteiger partial charge in [-0.25, -0.2) is 9.97 Å². The maximum absolute atomic E-state index is 12.1. The van der Waals surface area contributed by atoms with E-state index in [1.54, 1.807) is 12.1 Å². The van der Waals surface area contributed by atoms with Crippen LogP contribution in [-0.4, -0.2) is 29.0 Å². The summed E-state index contributed by atoms with van der Waals surface area (Å²) in [4.78, 5) is 21.5. The van der Waals surface area contributed by atoms with Crippen molar-refractivity contribution in [1.82, 2.24) is 15.4 Å². The number of hydrazine groups is 1. The summed E-state index contributed by atoms with van der Waals surface area (Å²) in [5, 5.41) is 17.7. The Labute approximate surface area is 144 Å². The second-order valence-corrected chi connectivity index (χ2v) is 5.08. The number of nitriles is 2. The van der Waals surface area contributed by atoms with Crippen molar-refractivity contribution in [2.24, 2.45) is 0 Å². The van der Waals surface area contributed by atoms with Crippen LogP contribution in [-0.2, 0) is 0 Å². The van der Waals surface area contributed by atoms with Crippen LogP contribution < -0.4 is 21.5 Å². The molecule has 0 radical (unpaired) electrons. The lowest BCUT2D eigenvalue weighted by Crippen LogP contribution is -2.31. The fourth-order valence-corrected chi connectivity index (χ4v) is 2.01. The third-order valence-electron chi connectivity index (χ3n) is 3.29. The van der Waals surface area contributed by atoms with Crippen LogP contribution in [0.2, 0.25) is 0 Å². The molecule has 0 aliphatic carbocycles. The van der Waals surface area contributed by atoms with Gasteiger partial charge < -0.3 is 10.6 Å². The maximum atomic E-state index is 12.1. The Morgan fingerprint density at radius 3 is 2.44 bits per heavy atom. The molecule has 0 bridgehead atoms. The van der Waals surface area contributed by atoms with Crippen LogP contribution in [0.5, 0.6) is 0 Å². The van der Waals surface area contributed by atoms with Gasteiger partial charge in [0.15, 0.2) is 11.6 Å². The summed E-state index contributed by atoms with van der Waals surface area (Å²) >= 11 is 0. The fraction of sp³-hybridized carbons (Fsp3) is 0.188. The van der Waals surface area contributed by atoms with E-state index in [0.29, 0.717) is 5.56 Å². The summed E-state index contributed by atoms with van der Waals surface area (Å²) in [5.74, 6) is 0.0574. The van der Waals surface area contributed by atoms with Gasteiger partial charge in [-0.3, -0.25) is 15.6 Å². The van der Waals surface area contributed by atoms with Crippen LogP contribution in [0.25, 0.3) is 0 Å². The molecule has 0 aliphatic heterocycles. The molecule has 0 aliphatic rings. The number of anilines is 3. The van der Waals surface area contributed by atoms with E-state index in [1.807, 2.05) is 31.2 Å². The number of benzene rings is 1. The SMILES string of the molecule is Cc1ccc(C(=O)NNc2ncnc(N(CC#N)CC#N)c2N)cc1. The third kappa shape index (κ3) is 4.33. The molecule has 0 saturated heterocycles. The van der Waals surface area contributed by atoms with Crippen LogP contribution in [0.3, 0.4) is 0 Å². The van der Waals surface area contributed by atoms with Gasteiger partial charge in [-0.2, -0.15) is 10.5 Å². The Morgan fingerprint density at radius 2 is 1.84 bits per heavy atom. The van der Waals surface area contributed by atoms with Crippen LogP contribution in [0.4, 0.5) is 17.3 Å². The van der Waals surface area contributed by atoms with E-state index in [9.17, 15) is 4.79 Å². The van der Waals surface area contributed by atoms with Crippen LogP contribution in [0.1, 0.15) is 15.9 Å². The number of nitrogens with two attached hydrogens (primary N) is 1. The summed E-state index contributed by atoms with van der Waals surface area (Å²) in [6, 6.07) is 10.9. The van der Waals surface area contributed by atoms with E-state index in [1.165, 1.54) is 11.2 Å². The van der Waals surface area contributed by atoms with E-state index in [4.69, 9.17) is 16.3 Å². The summed E-state index contributed by atoms with van der Waals surface area (Å²) in [7, 11) is 0. The van der Waals surface area contributed by atoms with Crippen molar-refractivity contribution in [2.45, 2.75) is 6.92 Å². The first-order valence-corrected chi connectivity index (χ1v) is 7.29. The Morgan fingerprint density at radius 1 is 1.20 bits per heavy atom. The zero-order valence-corrected chi connectivity index (χ0v) is 13.5. The lowest BCUT2D eigenvalue weighted by molar-refractivity contribution is 0.0962. The first kappa shape index (κ1) is 17.5. The molecule has 1 heterocycles. The molecule has 1 amide bonds. The average Bonchev–Trinajstić information content (AvgIpc) is 2.61. The predicted molar refractivity (Wildman–Crippen MR) is 92.2 cm³/mol. The molecule has 2 aromatic rings. The maximum Gasteiger partial charge on any atom is 0.269 e. The first-order chi connectivity index (χ1) is 12.1. The number of nitrogen functional groups attached to an aromatic ring is 1. The second-order valence-electron chi connectivity index (χ2n) is 5.08. The van der Waals surface area contributed by atoms with Gasteiger partial charge in [0, 0.05) is 5.56 Å². The van der Waals surface area contributed by atoms with Gasteiger partial charge in [0.1, 0.15) is 25.1 Å². The van der Waals surface area contributed by atoms with Crippen molar-refractivity contribution in [1.29, 1.82) is 10.5 Å². The Balaban J connectivity index is 2.14. The number of nitrogens with zero attached hydrogens (tertiary/aromatic N) is 5. The highest BCUT2D eigenvalue weighted by atomic mass is 16.2. The highest BCUT2D eigenvalue weighted by Gasteiger charge is 2.15. The number of aryl methyl sites for hydroxylation is 1. The molecular weight excluding hydrogens is 320 g/mol. The molecular formula is C16H16N8O. The number of nitrogens with one attached hydrogen (secondary N) is 2. The van der Waals surface area contributed by atoms with E-state index in [-0.39, 0.29) is 36.3 Å². The molecule has 1 aromatic heterocycles. The lowest BCUT2D eigenvalue weighted by Gasteiger charge is -2.20. The number of amides is 1. The van der Waals surface area contributed by atoms with Gasteiger partial charge in [-0.1, -0.05) is 17.7 Å². The normalized spacial score (nSPS) is 9.56. The molecule has 126 valence electrons. The lowest BCUT2D eigenvalue weighted by atomic mass is 10.1. The van der Waals surface area contributed by atoms with Crippen molar-refractivity contribution in [3.8, 4) is 12.1 Å². The van der Waals surface area contributed by atoms with Gasteiger partial charge in [0.2, 0.25) is 0 Å². The molecule has 9 nitrogen and oxygen atoms in total. The molecule has 0 fully saturated rings. The first-order valence-electron chi connectivity index (χ1n) is 7.29. The van der Waals surface area contributed by atoms with Gasteiger partial charge in [0.05, 0.1) is 12.1 Å². The molecule has 0 saturated carbocycles. The number of hydrogen-bond donors (Lipinski definition) is 3. The summed E-state index contributed by atoms with van der Waals surface area (Å²) in [5.41, 5.74) is 12.8. The van der Waals surface area contributed by atoms with E-state index >= 15 is 0 Å². The van der Waals surface area contributed by atoms with Crippen LogP contribution in [0.15, 0.2) is 30.6 Å². The zero-order chi connectivity index (χ0) is 18.2. The van der Waals surface area contributed by atoms with Gasteiger partial charge in [-0.05, 0) is 19.1 Å². The topological polar surface area (TPSA) is 144 Å². The van der Waals surface area contributed by atoms with Crippen molar-refractivity contribution in [3.63, 3.8) is 0 Å². The minimum Gasteiger partial charge on any atom is -0.393 e. The minimum absolute atomic E-state index is 0.0516. The van der Waals surface area contributed by atoms with Crippen LogP contribution >= 0.6 is 0 Å². The average molecular weight is 336 g/mol. The van der Waals surface area contributed by atoms with Crippen molar-refractivity contribution < 1.29 is 4.79 Å². The Hall–Kier alpha value is -3.85. The predicted octanol–water partition coefficient (Wildman–Crippen LogP) is 0.978.